The Morgan fingerprint density at radius 2 is 1.84 bits per heavy atom. The van der Waals surface area contributed by atoms with Crippen molar-refractivity contribution in [3.05, 3.63) is 65.2 Å². The van der Waals surface area contributed by atoms with Gasteiger partial charge in [0.2, 0.25) is 5.91 Å². The van der Waals surface area contributed by atoms with E-state index in [0.717, 1.165) is 11.1 Å². The van der Waals surface area contributed by atoms with Gasteiger partial charge in [0.25, 0.3) is 5.91 Å². The molecule has 2 aromatic carbocycles. The maximum absolute atomic E-state index is 13.0. The van der Waals surface area contributed by atoms with Crippen LogP contribution in [0.4, 0.5) is 11.4 Å². The van der Waals surface area contributed by atoms with E-state index in [1.165, 1.54) is 16.2 Å². The average molecular weight is 436 g/mol. The number of nitrogens with zero attached hydrogens (tertiary/aromatic N) is 2. The molecule has 0 saturated heterocycles. The number of anilines is 2. The van der Waals surface area contributed by atoms with E-state index in [-0.39, 0.29) is 11.6 Å². The molecule has 1 aliphatic heterocycles. The van der Waals surface area contributed by atoms with Crippen LogP contribution in [0.15, 0.2) is 53.9 Å². The number of fused-ring (bicyclic) bond motifs is 1. The third kappa shape index (κ3) is 3.94. The van der Waals surface area contributed by atoms with Gasteiger partial charge in [0.05, 0.1) is 11.4 Å². The summed E-state index contributed by atoms with van der Waals surface area (Å²) in [7, 11) is 0. The first-order valence-corrected chi connectivity index (χ1v) is 10.6. The first-order valence-electron chi connectivity index (χ1n) is 9.70. The molecule has 0 spiro atoms. The summed E-state index contributed by atoms with van der Waals surface area (Å²) in [6.45, 7) is 4.79. The smallest absolute Gasteiger partial charge is 0.358 e. The fourth-order valence-electron chi connectivity index (χ4n) is 3.36. The van der Waals surface area contributed by atoms with E-state index in [0.29, 0.717) is 16.4 Å². The summed E-state index contributed by atoms with van der Waals surface area (Å²) in [6.07, 6.45) is 0. The van der Waals surface area contributed by atoms with Crippen LogP contribution in [0.1, 0.15) is 29.9 Å². The molecular weight excluding hydrogens is 414 g/mol. The van der Waals surface area contributed by atoms with Crippen molar-refractivity contribution in [2.45, 2.75) is 26.3 Å². The van der Waals surface area contributed by atoms with Gasteiger partial charge in [0.1, 0.15) is 10.5 Å². The highest BCUT2D eigenvalue weighted by Crippen LogP contribution is 2.36. The number of benzene rings is 2. The number of para-hydroxylation sites is 2. The van der Waals surface area contributed by atoms with Crippen LogP contribution < -0.4 is 10.2 Å². The molecule has 0 bridgehead atoms. The molecule has 0 unspecified atom stereocenters. The molecule has 4 rings (SSSR count). The monoisotopic (exact) mass is 435 g/mol. The lowest BCUT2D eigenvalue weighted by Gasteiger charge is -2.41. The van der Waals surface area contributed by atoms with E-state index in [9.17, 15) is 14.4 Å². The minimum absolute atomic E-state index is 0.143. The number of hydrogen-bond acceptors (Lipinski definition) is 6. The normalized spacial score (nSPS) is 14.5. The highest BCUT2D eigenvalue weighted by molar-refractivity contribution is 7.13. The number of esters is 1. The number of nitrogens with one attached hydrogen (secondary N) is 1. The predicted molar refractivity (Wildman–Crippen MR) is 119 cm³/mol. The number of amides is 2. The Morgan fingerprint density at radius 3 is 2.58 bits per heavy atom. The van der Waals surface area contributed by atoms with Crippen LogP contribution in [0.3, 0.4) is 0 Å². The lowest BCUT2D eigenvalue weighted by atomic mass is 9.96. The standard InChI is InChI=1S/C23H21N3O4S/c1-14-8-10-15(11-9-14)20-24-17(13-31-20)21(28)30-12-19(27)26-18-7-5-4-6-16(18)25-22(29)23(26,2)3/h4-11,13H,12H2,1-3H3,(H,25,29). The van der Waals surface area contributed by atoms with Crippen molar-refractivity contribution in [3.8, 4) is 10.6 Å². The van der Waals surface area contributed by atoms with Gasteiger partial charge < -0.3 is 10.1 Å². The summed E-state index contributed by atoms with van der Waals surface area (Å²) < 4.78 is 5.24. The Hall–Kier alpha value is -3.52. The zero-order chi connectivity index (χ0) is 22.2. The second-order valence-electron chi connectivity index (χ2n) is 7.74. The molecular formula is C23H21N3O4S. The summed E-state index contributed by atoms with van der Waals surface area (Å²) in [5.74, 6) is -1.49. The fourth-order valence-corrected chi connectivity index (χ4v) is 4.16. The molecule has 0 fully saturated rings. The molecule has 1 aromatic heterocycles. The molecule has 8 heteroatoms. The summed E-state index contributed by atoms with van der Waals surface area (Å²) >= 11 is 1.33. The summed E-state index contributed by atoms with van der Waals surface area (Å²) in [6, 6.07) is 14.8. The van der Waals surface area contributed by atoms with Crippen LogP contribution in [0.2, 0.25) is 0 Å². The molecule has 1 N–H and O–H groups in total. The lowest BCUT2D eigenvalue weighted by Crippen LogP contribution is -2.59. The van der Waals surface area contributed by atoms with E-state index in [1.54, 1.807) is 43.5 Å². The van der Waals surface area contributed by atoms with Gasteiger partial charge in [-0.3, -0.25) is 14.5 Å². The lowest BCUT2D eigenvalue weighted by molar-refractivity contribution is -0.128. The molecule has 2 amide bonds. The van der Waals surface area contributed by atoms with Crippen molar-refractivity contribution in [1.82, 2.24) is 4.98 Å². The number of carbonyl (C=O) groups is 3. The molecule has 0 aliphatic carbocycles. The van der Waals surface area contributed by atoms with Gasteiger partial charge in [-0.25, -0.2) is 9.78 Å². The van der Waals surface area contributed by atoms with Gasteiger partial charge in [-0.05, 0) is 32.9 Å². The van der Waals surface area contributed by atoms with E-state index in [2.05, 4.69) is 10.3 Å². The molecule has 1 aliphatic rings. The minimum Gasteiger partial charge on any atom is -0.451 e. The third-order valence-electron chi connectivity index (χ3n) is 5.10. The van der Waals surface area contributed by atoms with Gasteiger partial charge in [-0.15, -0.1) is 11.3 Å². The second-order valence-corrected chi connectivity index (χ2v) is 8.60. The molecule has 3 aromatic rings. The Kier molecular flexibility index (Phi) is 5.32. The summed E-state index contributed by atoms with van der Waals surface area (Å²) in [5.41, 5.74) is 2.15. The number of rotatable bonds is 4. The van der Waals surface area contributed by atoms with Crippen LogP contribution in [0.25, 0.3) is 10.6 Å². The molecule has 0 atom stereocenters. The van der Waals surface area contributed by atoms with Crippen LogP contribution in [0, 0.1) is 6.92 Å². The van der Waals surface area contributed by atoms with E-state index in [1.807, 2.05) is 31.2 Å². The van der Waals surface area contributed by atoms with Crippen molar-refractivity contribution < 1.29 is 19.1 Å². The third-order valence-corrected chi connectivity index (χ3v) is 5.99. The number of carbonyl (C=O) groups excluding carboxylic acids is 3. The SMILES string of the molecule is Cc1ccc(-c2nc(C(=O)OCC(=O)N3c4ccccc4NC(=O)C3(C)C)cs2)cc1. The van der Waals surface area contributed by atoms with Crippen LogP contribution >= 0.6 is 11.3 Å². The maximum Gasteiger partial charge on any atom is 0.358 e. The van der Waals surface area contributed by atoms with Crippen molar-refractivity contribution >= 4 is 40.5 Å². The van der Waals surface area contributed by atoms with E-state index >= 15 is 0 Å². The number of aryl methyl sites for hydroxylation is 1. The van der Waals surface area contributed by atoms with Crippen molar-refractivity contribution in [3.63, 3.8) is 0 Å². The quantitative estimate of drug-likeness (QED) is 0.625. The Bertz CT molecular complexity index is 1170. The van der Waals surface area contributed by atoms with Gasteiger partial charge in [0, 0.05) is 10.9 Å². The van der Waals surface area contributed by atoms with Crippen molar-refractivity contribution in [2.75, 3.05) is 16.8 Å². The van der Waals surface area contributed by atoms with Gasteiger partial charge in [0.15, 0.2) is 12.3 Å². The molecule has 0 radical (unpaired) electrons. The van der Waals surface area contributed by atoms with Gasteiger partial charge >= 0.3 is 5.97 Å². The van der Waals surface area contributed by atoms with Crippen molar-refractivity contribution in [1.29, 1.82) is 0 Å². The predicted octanol–water partition coefficient (Wildman–Crippen LogP) is 4.04. The van der Waals surface area contributed by atoms with Crippen LogP contribution in [-0.2, 0) is 14.3 Å². The van der Waals surface area contributed by atoms with Crippen LogP contribution in [-0.4, -0.2) is 34.9 Å². The number of thiazole rings is 1. The van der Waals surface area contributed by atoms with Gasteiger partial charge in [-0.2, -0.15) is 0 Å². The number of aromatic nitrogens is 1. The Morgan fingerprint density at radius 1 is 1.13 bits per heavy atom. The first-order chi connectivity index (χ1) is 14.8. The molecule has 0 saturated carbocycles. The van der Waals surface area contributed by atoms with Crippen LogP contribution in [0.5, 0.6) is 0 Å². The average Bonchev–Trinajstić information content (AvgIpc) is 3.23. The Labute approximate surface area is 183 Å². The highest BCUT2D eigenvalue weighted by atomic mass is 32.1. The highest BCUT2D eigenvalue weighted by Gasteiger charge is 2.43. The molecule has 31 heavy (non-hydrogen) atoms. The zero-order valence-corrected chi connectivity index (χ0v) is 18.2. The zero-order valence-electron chi connectivity index (χ0n) is 17.3. The summed E-state index contributed by atoms with van der Waals surface area (Å²) in [4.78, 5) is 43.6. The topological polar surface area (TPSA) is 88.6 Å². The first kappa shape index (κ1) is 20.7. The number of hydrogen-bond donors (Lipinski definition) is 1. The number of ether oxygens (including phenoxy) is 1. The molecule has 2 heterocycles. The van der Waals surface area contributed by atoms with Gasteiger partial charge in [-0.1, -0.05) is 42.0 Å². The minimum atomic E-state index is -1.13. The Balaban J connectivity index is 1.48. The second kappa shape index (κ2) is 7.96. The van der Waals surface area contributed by atoms with E-state index < -0.39 is 24.0 Å². The van der Waals surface area contributed by atoms with E-state index in [4.69, 9.17) is 4.74 Å². The fraction of sp³-hybridized carbons (Fsp3) is 0.217. The largest absolute Gasteiger partial charge is 0.451 e. The molecule has 7 nitrogen and oxygen atoms in total. The van der Waals surface area contributed by atoms with Crippen molar-refractivity contribution in [2.24, 2.45) is 0 Å². The maximum atomic E-state index is 13.0. The summed E-state index contributed by atoms with van der Waals surface area (Å²) in [5, 5.41) is 5.10. The molecule has 158 valence electrons.